The van der Waals surface area contributed by atoms with Crippen molar-refractivity contribution in [1.82, 2.24) is 14.0 Å². The Morgan fingerprint density at radius 2 is 1.69 bits per heavy atom. The van der Waals surface area contributed by atoms with Crippen LogP contribution in [0.5, 0.6) is 17.2 Å². The Hall–Kier alpha value is -4.67. The maximum atomic E-state index is 13.6. The van der Waals surface area contributed by atoms with E-state index < -0.39 is 11.9 Å². The summed E-state index contributed by atoms with van der Waals surface area (Å²) in [7, 11) is 4.34. The van der Waals surface area contributed by atoms with E-state index in [9.17, 15) is 14.4 Å². The van der Waals surface area contributed by atoms with Gasteiger partial charge in [0.1, 0.15) is 16.9 Å². The van der Waals surface area contributed by atoms with Crippen LogP contribution in [-0.2, 0) is 4.74 Å². The van der Waals surface area contributed by atoms with Gasteiger partial charge in [-0.25, -0.2) is 9.78 Å². The molecule has 0 aliphatic heterocycles. The van der Waals surface area contributed by atoms with Gasteiger partial charge in [-0.15, -0.1) is 0 Å². The number of aromatic nitrogens is 3. The van der Waals surface area contributed by atoms with Crippen LogP contribution in [-0.4, -0.2) is 53.8 Å². The third kappa shape index (κ3) is 4.83. The van der Waals surface area contributed by atoms with Crippen molar-refractivity contribution in [3.05, 3.63) is 69.1 Å². The molecule has 4 aromatic rings. The maximum Gasteiger partial charge on any atom is 0.341 e. The second-order valence-electron chi connectivity index (χ2n) is 8.94. The van der Waals surface area contributed by atoms with Gasteiger partial charge < -0.3 is 23.5 Å². The zero-order chi connectivity index (χ0) is 28.4. The Balaban J connectivity index is 2.12. The minimum atomic E-state index is -0.723. The molecule has 1 aromatic carbocycles. The number of hydrogen-bond acceptors (Lipinski definition) is 8. The molecule has 0 saturated carbocycles. The molecule has 3 aromatic heterocycles. The lowest BCUT2D eigenvalue weighted by Crippen LogP contribution is -2.33. The van der Waals surface area contributed by atoms with Crippen LogP contribution >= 0.6 is 0 Å². The van der Waals surface area contributed by atoms with E-state index >= 15 is 0 Å². The maximum absolute atomic E-state index is 13.6. The predicted octanol–water partition coefficient (Wildman–Crippen LogP) is 3.48. The number of aryl methyl sites for hydroxylation is 1. The third-order valence-corrected chi connectivity index (χ3v) is 6.18. The summed E-state index contributed by atoms with van der Waals surface area (Å²) in [5.74, 6) is -0.541. The Morgan fingerprint density at radius 1 is 1.03 bits per heavy atom. The Bertz CT molecular complexity index is 1710. The summed E-state index contributed by atoms with van der Waals surface area (Å²) in [5, 5.41) is 0.189. The highest BCUT2D eigenvalue weighted by Gasteiger charge is 2.23. The van der Waals surface area contributed by atoms with Crippen molar-refractivity contribution >= 4 is 28.6 Å². The van der Waals surface area contributed by atoms with Gasteiger partial charge in [-0.05, 0) is 57.5 Å². The van der Waals surface area contributed by atoms with Crippen LogP contribution in [0.1, 0.15) is 53.1 Å². The van der Waals surface area contributed by atoms with Crippen molar-refractivity contribution in [2.75, 3.05) is 27.9 Å². The molecule has 0 spiro atoms. The molecule has 39 heavy (non-hydrogen) atoms. The number of pyridine rings is 2. The monoisotopic (exact) mass is 534 g/mol. The molecule has 0 N–H and O–H groups in total. The minimum Gasteiger partial charge on any atom is -0.493 e. The zero-order valence-corrected chi connectivity index (χ0v) is 22.9. The summed E-state index contributed by atoms with van der Waals surface area (Å²) in [6.07, 6.45) is 1.62. The molecule has 0 aliphatic rings. The zero-order valence-electron chi connectivity index (χ0n) is 22.9. The van der Waals surface area contributed by atoms with Gasteiger partial charge in [-0.2, -0.15) is 4.99 Å². The first-order chi connectivity index (χ1) is 18.7. The number of hydrogen-bond donors (Lipinski definition) is 0. The fraction of sp³-hybridized carbons (Fsp3) is 0.321. The number of esters is 1. The normalized spacial score (nSPS) is 11.7. The average Bonchev–Trinajstić information content (AvgIpc) is 2.92. The van der Waals surface area contributed by atoms with E-state index in [2.05, 4.69) is 4.99 Å². The molecule has 204 valence electrons. The van der Waals surface area contributed by atoms with Crippen LogP contribution in [0, 0.1) is 6.92 Å². The SMILES string of the molecule is CCOC(=O)c1cc2c(=O)n3cccc(C)c3nc2n(C(C)C)c1=NC(=O)c1cc(OC)c(OC)c(OC)c1. The van der Waals surface area contributed by atoms with Crippen LogP contribution in [0.3, 0.4) is 0 Å². The van der Waals surface area contributed by atoms with E-state index in [0.717, 1.165) is 5.56 Å². The lowest BCUT2D eigenvalue weighted by Gasteiger charge is -2.18. The van der Waals surface area contributed by atoms with E-state index in [0.29, 0.717) is 11.4 Å². The van der Waals surface area contributed by atoms with E-state index in [1.165, 1.54) is 43.9 Å². The molecule has 0 bridgehead atoms. The Kier molecular flexibility index (Phi) is 7.70. The first-order valence-corrected chi connectivity index (χ1v) is 12.3. The summed E-state index contributed by atoms with van der Waals surface area (Å²) in [6.45, 7) is 7.30. The lowest BCUT2D eigenvalue weighted by molar-refractivity contribution is 0.0523. The van der Waals surface area contributed by atoms with Gasteiger partial charge in [-0.3, -0.25) is 14.0 Å². The molecule has 1 amide bonds. The number of rotatable bonds is 7. The van der Waals surface area contributed by atoms with E-state index in [1.807, 2.05) is 26.8 Å². The van der Waals surface area contributed by atoms with Crippen molar-refractivity contribution in [1.29, 1.82) is 0 Å². The molecule has 0 unspecified atom stereocenters. The molecule has 0 radical (unpaired) electrons. The largest absolute Gasteiger partial charge is 0.493 e. The van der Waals surface area contributed by atoms with E-state index in [-0.39, 0.29) is 57.4 Å². The highest BCUT2D eigenvalue weighted by atomic mass is 16.5. The molecule has 0 aliphatic carbocycles. The van der Waals surface area contributed by atoms with Gasteiger partial charge in [0.2, 0.25) is 5.75 Å². The second kappa shape index (κ2) is 11.0. The summed E-state index contributed by atoms with van der Waals surface area (Å²) in [5.41, 5.74) is 1.28. The van der Waals surface area contributed by atoms with Gasteiger partial charge in [0.15, 0.2) is 17.0 Å². The number of fused-ring (bicyclic) bond motifs is 2. The highest BCUT2D eigenvalue weighted by Crippen LogP contribution is 2.38. The van der Waals surface area contributed by atoms with Gasteiger partial charge in [0, 0.05) is 17.8 Å². The Labute approximate surface area is 224 Å². The van der Waals surface area contributed by atoms with Gasteiger partial charge in [0.25, 0.3) is 11.5 Å². The minimum absolute atomic E-state index is 0.0135. The predicted molar refractivity (Wildman–Crippen MR) is 144 cm³/mol. The quantitative estimate of drug-likeness (QED) is 0.261. The molecule has 4 rings (SSSR count). The van der Waals surface area contributed by atoms with Crippen LogP contribution < -0.4 is 25.3 Å². The Morgan fingerprint density at radius 3 is 2.26 bits per heavy atom. The molecule has 11 heteroatoms. The lowest BCUT2D eigenvalue weighted by atomic mass is 10.1. The first kappa shape index (κ1) is 27.4. The van der Waals surface area contributed by atoms with Crippen molar-refractivity contribution in [3.8, 4) is 17.2 Å². The molecule has 11 nitrogen and oxygen atoms in total. The number of amides is 1. The van der Waals surface area contributed by atoms with Crippen molar-refractivity contribution in [2.24, 2.45) is 4.99 Å². The second-order valence-corrected chi connectivity index (χ2v) is 8.94. The van der Waals surface area contributed by atoms with Crippen LogP contribution in [0.4, 0.5) is 0 Å². The number of carbonyl (C=O) groups is 2. The standard InChI is InChI=1S/C28H30N4O7/c1-8-39-28(35)19-14-18-24(29-23-16(4)10-9-11-31(23)27(18)34)32(15(2)3)25(19)30-26(33)17-12-20(36-5)22(38-7)21(13-17)37-6/h9-15H,8H2,1-7H3. The topological polar surface area (TPSA) is 123 Å². The van der Waals surface area contributed by atoms with Crippen molar-refractivity contribution < 1.29 is 28.5 Å². The number of ether oxygens (including phenoxy) is 4. The molecular weight excluding hydrogens is 504 g/mol. The van der Waals surface area contributed by atoms with Crippen LogP contribution in [0.15, 0.2) is 46.3 Å². The van der Waals surface area contributed by atoms with Gasteiger partial charge >= 0.3 is 5.97 Å². The summed E-state index contributed by atoms with van der Waals surface area (Å²) in [4.78, 5) is 49.3. The third-order valence-electron chi connectivity index (χ3n) is 6.18. The van der Waals surface area contributed by atoms with E-state index in [1.54, 1.807) is 23.8 Å². The number of carbonyl (C=O) groups excluding carboxylic acids is 2. The molecular formula is C28H30N4O7. The molecule has 0 atom stereocenters. The fourth-order valence-electron chi connectivity index (χ4n) is 4.38. The number of benzene rings is 1. The van der Waals surface area contributed by atoms with Crippen molar-refractivity contribution in [2.45, 2.75) is 33.7 Å². The van der Waals surface area contributed by atoms with Gasteiger partial charge in [-0.1, -0.05) is 6.07 Å². The molecule has 3 heterocycles. The molecule has 0 fully saturated rings. The van der Waals surface area contributed by atoms with Gasteiger partial charge in [0.05, 0.1) is 33.3 Å². The summed E-state index contributed by atoms with van der Waals surface area (Å²) >= 11 is 0. The first-order valence-electron chi connectivity index (χ1n) is 12.3. The van der Waals surface area contributed by atoms with Crippen LogP contribution in [0.2, 0.25) is 0 Å². The van der Waals surface area contributed by atoms with Crippen LogP contribution in [0.25, 0.3) is 16.7 Å². The fourth-order valence-corrected chi connectivity index (χ4v) is 4.38. The number of nitrogens with zero attached hydrogens (tertiary/aromatic N) is 4. The van der Waals surface area contributed by atoms with Crippen molar-refractivity contribution in [3.63, 3.8) is 0 Å². The smallest absolute Gasteiger partial charge is 0.341 e. The highest BCUT2D eigenvalue weighted by molar-refractivity contribution is 5.98. The number of methoxy groups -OCH3 is 3. The average molecular weight is 535 g/mol. The van der Waals surface area contributed by atoms with E-state index in [4.69, 9.17) is 23.9 Å². The summed E-state index contributed by atoms with van der Waals surface area (Å²) in [6, 6.07) is 7.59. The summed E-state index contributed by atoms with van der Waals surface area (Å²) < 4.78 is 24.4. The molecule has 0 saturated heterocycles.